The topological polar surface area (TPSA) is 64.6 Å². The predicted octanol–water partition coefficient (Wildman–Crippen LogP) is 3.20. The second-order valence-corrected chi connectivity index (χ2v) is 6.76. The fourth-order valence-electron chi connectivity index (χ4n) is 3.47. The monoisotopic (exact) mass is 521 g/mol. The Morgan fingerprint density at radius 3 is 2.38 bits per heavy atom. The van der Waals surface area contributed by atoms with Crippen molar-refractivity contribution in [1.29, 1.82) is 0 Å². The van der Waals surface area contributed by atoms with Gasteiger partial charge in [-0.3, -0.25) is 4.99 Å². The SMILES string of the molecule is CCNC(=NCCc1c(OC)cc(OC)cc1OC)N1CCC(COCC)C1.I. The summed E-state index contributed by atoms with van der Waals surface area (Å²) in [5, 5.41) is 3.42. The number of halogens is 1. The molecule has 1 aromatic carbocycles. The van der Waals surface area contributed by atoms with Gasteiger partial charge < -0.3 is 29.2 Å². The molecule has 1 N–H and O–H groups in total. The van der Waals surface area contributed by atoms with Gasteiger partial charge in [0, 0.05) is 56.4 Å². The molecule has 1 aliphatic rings. The Balaban J connectivity index is 0.00000420. The molecule has 1 aromatic rings. The largest absolute Gasteiger partial charge is 0.496 e. The first-order chi connectivity index (χ1) is 13.7. The first-order valence-corrected chi connectivity index (χ1v) is 10.1. The van der Waals surface area contributed by atoms with Gasteiger partial charge >= 0.3 is 0 Å². The summed E-state index contributed by atoms with van der Waals surface area (Å²) in [4.78, 5) is 7.18. The highest BCUT2D eigenvalue weighted by Crippen LogP contribution is 2.34. The number of hydrogen-bond donors (Lipinski definition) is 1. The second-order valence-electron chi connectivity index (χ2n) is 6.76. The summed E-state index contributed by atoms with van der Waals surface area (Å²) in [7, 11) is 4.96. The highest BCUT2D eigenvalue weighted by Gasteiger charge is 2.25. The molecule has 166 valence electrons. The molecule has 8 heteroatoms. The van der Waals surface area contributed by atoms with Crippen molar-refractivity contribution in [3.63, 3.8) is 0 Å². The molecule has 1 heterocycles. The molecule has 0 radical (unpaired) electrons. The summed E-state index contributed by atoms with van der Waals surface area (Å²) in [5.74, 6) is 3.77. The van der Waals surface area contributed by atoms with Gasteiger partial charge in [-0.15, -0.1) is 24.0 Å². The van der Waals surface area contributed by atoms with Gasteiger partial charge in [-0.25, -0.2) is 0 Å². The Hall–Kier alpha value is -1.42. The van der Waals surface area contributed by atoms with Crippen LogP contribution in [-0.4, -0.2) is 71.6 Å². The zero-order valence-electron chi connectivity index (χ0n) is 18.3. The summed E-state index contributed by atoms with van der Waals surface area (Å²) in [6.07, 6.45) is 1.87. The smallest absolute Gasteiger partial charge is 0.193 e. The van der Waals surface area contributed by atoms with E-state index in [0.29, 0.717) is 18.2 Å². The van der Waals surface area contributed by atoms with Gasteiger partial charge in [-0.05, 0) is 26.7 Å². The fraction of sp³-hybridized carbons (Fsp3) is 0.667. The summed E-state index contributed by atoms with van der Waals surface area (Å²) >= 11 is 0. The van der Waals surface area contributed by atoms with Crippen LogP contribution in [0.5, 0.6) is 17.2 Å². The number of methoxy groups -OCH3 is 3. The first kappa shape index (κ1) is 25.6. The summed E-state index contributed by atoms with van der Waals surface area (Å²) in [6, 6.07) is 3.76. The van der Waals surface area contributed by atoms with Crippen LogP contribution in [0.4, 0.5) is 0 Å². The van der Waals surface area contributed by atoms with Gasteiger partial charge in [0.1, 0.15) is 17.2 Å². The molecule has 0 saturated carbocycles. The molecule has 0 amide bonds. The number of hydrogen-bond acceptors (Lipinski definition) is 5. The van der Waals surface area contributed by atoms with Crippen molar-refractivity contribution in [1.82, 2.24) is 10.2 Å². The molecule has 0 aromatic heterocycles. The molecule has 0 bridgehead atoms. The second kappa shape index (κ2) is 13.7. The number of nitrogens with one attached hydrogen (secondary N) is 1. The standard InChI is InChI=1S/C21H35N3O4.HI/c1-6-22-21(24-11-9-16(14-24)15-28-7-2)23-10-8-18-19(26-4)12-17(25-3)13-20(18)27-5;/h12-13,16H,6-11,14-15H2,1-5H3,(H,22,23);1H. The predicted molar refractivity (Wildman–Crippen MR) is 127 cm³/mol. The molecule has 1 saturated heterocycles. The zero-order valence-corrected chi connectivity index (χ0v) is 20.7. The average Bonchev–Trinajstić information content (AvgIpc) is 3.20. The number of rotatable bonds is 10. The van der Waals surface area contributed by atoms with Crippen LogP contribution in [0.15, 0.2) is 17.1 Å². The van der Waals surface area contributed by atoms with Crippen molar-refractivity contribution < 1.29 is 18.9 Å². The van der Waals surface area contributed by atoms with Gasteiger partial charge in [-0.2, -0.15) is 0 Å². The van der Waals surface area contributed by atoms with Gasteiger partial charge in [-0.1, -0.05) is 0 Å². The van der Waals surface area contributed by atoms with E-state index in [1.165, 1.54) is 0 Å². The highest BCUT2D eigenvalue weighted by molar-refractivity contribution is 14.0. The third-order valence-electron chi connectivity index (χ3n) is 4.92. The number of ether oxygens (including phenoxy) is 4. The molecular weight excluding hydrogens is 485 g/mol. The van der Waals surface area contributed by atoms with Crippen molar-refractivity contribution in [2.45, 2.75) is 26.7 Å². The van der Waals surface area contributed by atoms with Crippen molar-refractivity contribution in [3.8, 4) is 17.2 Å². The van der Waals surface area contributed by atoms with Crippen LogP contribution in [0.25, 0.3) is 0 Å². The lowest BCUT2D eigenvalue weighted by Gasteiger charge is -2.22. The molecule has 29 heavy (non-hydrogen) atoms. The van der Waals surface area contributed by atoms with E-state index in [1.54, 1.807) is 21.3 Å². The fourth-order valence-corrected chi connectivity index (χ4v) is 3.47. The minimum atomic E-state index is 0. The number of benzene rings is 1. The quantitative estimate of drug-likeness (QED) is 0.290. The Kier molecular flexibility index (Phi) is 12.1. The van der Waals surface area contributed by atoms with E-state index in [2.05, 4.69) is 17.1 Å². The van der Waals surface area contributed by atoms with Crippen LogP contribution in [0.3, 0.4) is 0 Å². The minimum Gasteiger partial charge on any atom is -0.496 e. The molecule has 0 aliphatic carbocycles. The van der Waals surface area contributed by atoms with Crippen LogP contribution >= 0.6 is 24.0 Å². The summed E-state index contributed by atoms with van der Waals surface area (Å²) in [5.41, 5.74) is 1.00. The first-order valence-electron chi connectivity index (χ1n) is 10.1. The van der Waals surface area contributed by atoms with Crippen LogP contribution in [0.1, 0.15) is 25.8 Å². The molecule has 2 rings (SSSR count). The van der Waals surface area contributed by atoms with E-state index < -0.39 is 0 Å². The van der Waals surface area contributed by atoms with Crippen molar-refractivity contribution in [3.05, 3.63) is 17.7 Å². The van der Waals surface area contributed by atoms with Crippen LogP contribution in [-0.2, 0) is 11.2 Å². The maximum absolute atomic E-state index is 5.59. The number of aliphatic imine (C=N–C) groups is 1. The van der Waals surface area contributed by atoms with E-state index in [9.17, 15) is 0 Å². The molecular formula is C21H36IN3O4. The van der Waals surface area contributed by atoms with Crippen LogP contribution in [0.2, 0.25) is 0 Å². The lowest BCUT2D eigenvalue weighted by molar-refractivity contribution is 0.114. The van der Waals surface area contributed by atoms with E-state index in [4.69, 9.17) is 23.9 Å². The van der Waals surface area contributed by atoms with Crippen LogP contribution < -0.4 is 19.5 Å². The highest BCUT2D eigenvalue weighted by atomic mass is 127. The van der Waals surface area contributed by atoms with Gasteiger partial charge in [0.25, 0.3) is 0 Å². The minimum absolute atomic E-state index is 0. The van der Waals surface area contributed by atoms with Crippen LogP contribution in [0, 0.1) is 5.92 Å². The summed E-state index contributed by atoms with van der Waals surface area (Å²) in [6.45, 7) is 9.23. The molecule has 1 fully saturated rings. The van der Waals surface area contributed by atoms with E-state index in [1.807, 2.05) is 19.1 Å². The molecule has 0 spiro atoms. The Labute approximate surface area is 192 Å². The number of likely N-dealkylation sites (tertiary alicyclic amines) is 1. The van der Waals surface area contributed by atoms with Crippen molar-refractivity contribution in [2.24, 2.45) is 10.9 Å². The third kappa shape index (κ3) is 7.40. The van der Waals surface area contributed by atoms with E-state index in [0.717, 1.165) is 68.7 Å². The van der Waals surface area contributed by atoms with Gasteiger partial charge in [0.05, 0.1) is 27.9 Å². The number of guanidine groups is 1. The number of nitrogens with zero attached hydrogens (tertiary/aromatic N) is 2. The van der Waals surface area contributed by atoms with E-state index in [-0.39, 0.29) is 24.0 Å². The normalized spacial score (nSPS) is 16.4. The Morgan fingerprint density at radius 2 is 1.83 bits per heavy atom. The molecule has 1 atom stereocenters. The van der Waals surface area contributed by atoms with Crippen molar-refractivity contribution in [2.75, 3.05) is 60.7 Å². The maximum atomic E-state index is 5.59. The lowest BCUT2D eigenvalue weighted by atomic mass is 10.1. The zero-order chi connectivity index (χ0) is 20.4. The summed E-state index contributed by atoms with van der Waals surface area (Å²) < 4.78 is 22.0. The Bertz CT molecular complexity index is 617. The van der Waals surface area contributed by atoms with Gasteiger partial charge in [0.2, 0.25) is 0 Å². The molecule has 1 unspecified atom stereocenters. The lowest BCUT2D eigenvalue weighted by Crippen LogP contribution is -2.40. The third-order valence-corrected chi connectivity index (χ3v) is 4.92. The Morgan fingerprint density at radius 1 is 1.14 bits per heavy atom. The molecule has 7 nitrogen and oxygen atoms in total. The van der Waals surface area contributed by atoms with Crippen molar-refractivity contribution >= 4 is 29.9 Å². The van der Waals surface area contributed by atoms with E-state index >= 15 is 0 Å². The maximum Gasteiger partial charge on any atom is 0.193 e. The van der Waals surface area contributed by atoms with Gasteiger partial charge in [0.15, 0.2) is 5.96 Å². The molecule has 1 aliphatic heterocycles. The average molecular weight is 521 g/mol.